The number of amides is 2. The van der Waals surface area contributed by atoms with E-state index in [0.29, 0.717) is 28.8 Å². The first-order valence-corrected chi connectivity index (χ1v) is 8.90. The summed E-state index contributed by atoms with van der Waals surface area (Å²) in [4.78, 5) is 26.4. The van der Waals surface area contributed by atoms with E-state index in [1.165, 1.54) is 4.90 Å². The molecule has 1 aromatic heterocycles. The lowest BCUT2D eigenvalue weighted by atomic mass is 10.1. The molecular weight excluding hydrogens is 364 g/mol. The quantitative estimate of drug-likeness (QED) is 0.842. The molecule has 1 aliphatic heterocycles. The molecule has 0 unspecified atom stereocenters. The summed E-state index contributed by atoms with van der Waals surface area (Å²) in [6.45, 7) is 8.85. The minimum absolute atomic E-state index is 0.00608. The number of aromatic nitrogens is 2. The van der Waals surface area contributed by atoms with Crippen molar-refractivity contribution in [2.45, 2.75) is 46.3 Å². The third kappa shape index (κ3) is 4.08. The SMILES string of the molecule is Cc1nnc(-c2cc3c(cc2C)OC[C@H](NC(=O)OC(C)(C)C)C(=O)N3C)o1. The number of carbonyl (C=O) groups is 2. The molecule has 2 heterocycles. The minimum atomic E-state index is -0.873. The molecule has 0 bridgehead atoms. The summed E-state index contributed by atoms with van der Waals surface area (Å²) >= 11 is 0. The molecule has 0 aliphatic carbocycles. The molecule has 1 aliphatic rings. The van der Waals surface area contributed by atoms with Crippen molar-refractivity contribution < 1.29 is 23.5 Å². The van der Waals surface area contributed by atoms with Crippen LogP contribution in [-0.4, -0.2) is 47.5 Å². The van der Waals surface area contributed by atoms with Crippen molar-refractivity contribution in [2.24, 2.45) is 0 Å². The van der Waals surface area contributed by atoms with Crippen LogP contribution in [0.5, 0.6) is 5.75 Å². The van der Waals surface area contributed by atoms with Crippen molar-refractivity contribution in [3.05, 3.63) is 23.6 Å². The van der Waals surface area contributed by atoms with E-state index < -0.39 is 17.7 Å². The number of carbonyl (C=O) groups excluding carboxylic acids is 2. The zero-order valence-electron chi connectivity index (χ0n) is 16.8. The number of ether oxygens (including phenoxy) is 2. The molecule has 0 saturated heterocycles. The molecule has 0 spiro atoms. The smallest absolute Gasteiger partial charge is 0.408 e. The van der Waals surface area contributed by atoms with E-state index in [-0.39, 0.29) is 12.5 Å². The van der Waals surface area contributed by atoms with Gasteiger partial charge in [0.25, 0.3) is 5.91 Å². The van der Waals surface area contributed by atoms with Crippen LogP contribution >= 0.6 is 0 Å². The molecule has 9 nitrogen and oxygen atoms in total. The number of nitrogens with one attached hydrogen (secondary N) is 1. The van der Waals surface area contributed by atoms with Gasteiger partial charge in [0.15, 0.2) is 0 Å². The van der Waals surface area contributed by atoms with E-state index in [0.717, 1.165) is 5.56 Å². The number of hydrogen-bond acceptors (Lipinski definition) is 7. The number of likely N-dealkylation sites (N-methyl/N-ethyl adjacent to an activating group) is 1. The highest BCUT2D eigenvalue weighted by Gasteiger charge is 2.32. The third-order valence-electron chi connectivity index (χ3n) is 4.15. The summed E-state index contributed by atoms with van der Waals surface area (Å²) in [6, 6.07) is 2.71. The first-order chi connectivity index (χ1) is 13.0. The van der Waals surface area contributed by atoms with Crippen molar-refractivity contribution in [2.75, 3.05) is 18.6 Å². The van der Waals surface area contributed by atoms with Gasteiger partial charge in [0, 0.05) is 19.5 Å². The predicted molar refractivity (Wildman–Crippen MR) is 101 cm³/mol. The molecule has 9 heteroatoms. The maximum atomic E-state index is 12.9. The van der Waals surface area contributed by atoms with Crippen LogP contribution in [0, 0.1) is 13.8 Å². The van der Waals surface area contributed by atoms with Crippen molar-refractivity contribution in [3.8, 4) is 17.2 Å². The van der Waals surface area contributed by atoms with Crippen LogP contribution in [0.4, 0.5) is 10.5 Å². The van der Waals surface area contributed by atoms with Crippen molar-refractivity contribution in [1.29, 1.82) is 0 Å². The van der Waals surface area contributed by atoms with E-state index in [1.54, 1.807) is 40.8 Å². The van der Waals surface area contributed by atoms with Gasteiger partial charge in [0.1, 0.15) is 24.0 Å². The highest BCUT2D eigenvalue weighted by molar-refractivity contribution is 6.00. The van der Waals surface area contributed by atoms with E-state index in [4.69, 9.17) is 13.9 Å². The number of alkyl carbamates (subject to hydrolysis) is 1. The summed E-state index contributed by atoms with van der Waals surface area (Å²) in [5.41, 5.74) is 1.46. The molecule has 3 rings (SSSR count). The lowest BCUT2D eigenvalue weighted by molar-refractivity contribution is -0.120. The lowest BCUT2D eigenvalue weighted by Gasteiger charge is -2.23. The van der Waals surface area contributed by atoms with Gasteiger partial charge in [-0.15, -0.1) is 10.2 Å². The fourth-order valence-corrected chi connectivity index (χ4v) is 2.83. The zero-order valence-corrected chi connectivity index (χ0v) is 16.8. The van der Waals surface area contributed by atoms with Crippen LogP contribution in [0.2, 0.25) is 0 Å². The molecule has 2 aromatic rings. The van der Waals surface area contributed by atoms with Gasteiger partial charge in [-0.05, 0) is 45.4 Å². The van der Waals surface area contributed by atoms with E-state index in [1.807, 2.05) is 13.0 Å². The highest BCUT2D eigenvalue weighted by Crippen LogP contribution is 2.37. The Morgan fingerprint density at radius 1 is 1.29 bits per heavy atom. The Kier molecular flexibility index (Phi) is 5.01. The maximum Gasteiger partial charge on any atom is 0.408 e. The first kappa shape index (κ1) is 19.7. The van der Waals surface area contributed by atoms with Gasteiger partial charge >= 0.3 is 6.09 Å². The molecule has 2 amide bonds. The van der Waals surface area contributed by atoms with Gasteiger partial charge in [-0.1, -0.05) is 0 Å². The number of rotatable bonds is 2. The van der Waals surface area contributed by atoms with Crippen LogP contribution in [0.15, 0.2) is 16.5 Å². The monoisotopic (exact) mass is 388 g/mol. The highest BCUT2D eigenvalue weighted by atomic mass is 16.6. The van der Waals surface area contributed by atoms with Crippen LogP contribution in [-0.2, 0) is 9.53 Å². The van der Waals surface area contributed by atoms with Gasteiger partial charge in [0.2, 0.25) is 11.8 Å². The topological polar surface area (TPSA) is 107 Å². The number of anilines is 1. The van der Waals surface area contributed by atoms with Crippen molar-refractivity contribution >= 4 is 17.7 Å². The van der Waals surface area contributed by atoms with Gasteiger partial charge in [-0.2, -0.15) is 0 Å². The molecule has 0 radical (unpaired) electrons. The molecule has 1 aromatic carbocycles. The number of benzene rings is 1. The third-order valence-corrected chi connectivity index (χ3v) is 4.15. The molecule has 1 atom stereocenters. The normalized spacial score (nSPS) is 16.9. The number of fused-ring (bicyclic) bond motifs is 1. The standard InChI is InChI=1S/C19H24N4O5/c1-10-7-15-14(8-12(10)16-22-21-11(2)27-16)23(6)17(24)13(9-26-15)20-18(25)28-19(3,4)5/h7-8,13H,9H2,1-6H3,(H,20,25)/t13-/m0/s1. The molecule has 150 valence electrons. The van der Waals surface area contributed by atoms with Gasteiger partial charge in [0.05, 0.1) is 5.69 Å². The molecule has 0 saturated carbocycles. The van der Waals surface area contributed by atoms with Crippen molar-refractivity contribution in [1.82, 2.24) is 15.5 Å². The average molecular weight is 388 g/mol. The van der Waals surface area contributed by atoms with E-state index >= 15 is 0 Å². The molecule has 0 fully saturated rings. The van der Waals surface area contributed by atoms with E-state index in [9.17, 15) is 9.59 Å². The Bertz CT molecular complexity index is 916. The minimum Gasteiger partial charge on any atom is -0.489 e. The summed E-state index contributed by atoms with van der Waals surface area (Å²) in [5, 5.41) is 10.5. The summed E-state index contributed by atoms with van der Waals surface area (Å²) < 4.78 is 16.6. The van der Waals surface area contributed by atoms with E-state index in [2.05, 4.69) is 15.5 Å². The largest absolute Gasteiger partial charge is 0.489 e. The lowest BCUT2D eigenvalue weighted by Crippen LogP contribution is -2.50. The second-order valence-corrected chi connectivity index (χ2v) is 7.67. The second-order valence-electron chi connectivity index (χ2n) is 7.67. The van der Waals surface area contributed by atoms with Gasteiger partial charge in [-0.25, -0.2) is 4.79 Å². The number of aryl methyl sites for hydroxylation is 2. The van der Waals surface area contributed by atoms with Crippen molar-refractivity contribution in [3.63, 3.8) is 0 Å². The first-order valence-electron chi connectivity index (χ1n) is 8.90. The summed E-state index contributed by atoms with van der Waals surface area (Å²) in [7, 11) is 1.62. The summed E-state index contributed by atoms with van der Waals surface area (Å²) in [6.07, 6.45) is -0.674. The average Bonchev–Trinajstić information content (AvgIpc) is 2.97. The second kappa shape index (κ2) is 7.14. The Balaban J connectivity index is 1.87. The Hall–Kier alpha value is -3.10. The fraction of sp³-hybridized carbons (Fsp3) is 0.474. The molecule has 28 heavy (non-hydrogen) atoms. The van der Waals surface area contributed by atoms with Gasteiger partial charge in [-0.3, -0.25) is 4.79 Å². The maximum absolute atomic E-state index is 12.9. The van der Waals surface area contributed by atoms with Crippen LogP contribution in [0.25, 0.3) is 11.5 Å². The Morgan fingerprint density at radius 2 is 2.00 bits per heavy atom. The van der Waals surface area contributed by atoms with Crippen LogP contribution in [0.1, 0.15) is 32.2 Å². The van der Waals surface area contributed by atoms with Crippen LogP contribution in [0.3, 0.4) is 0 Å². The number of hydrogen-bond donors (Lipinski definition) is 1. The molecule has 1 N–H and O–H groups in total. The summed E-state index contributed by atoms with van der Waals surface area (Å²) in [5.74, 6) is 1.03. The Morgan fingerprint density at radius 3 is 2.61 bits per heavy atom. The van der Waals surface area contributed by atoms with Crippen LogP contribution < -0.4 is 15.0 Å². The Labute approximate surface area is 163 Å². The van der Waals surface area contributed by atoms with Gasteiger partial charge < -0.3 is 24.1 Å². The zero-order chi connectivity index (χ0) is 20.6. The fourth-order valence-electron chi connectivity index (χ4n) is 2.83. The molecular formula is C19H24N4O5. The number of nitrogens with zero attached hydrogens (tertiary/aromatic N) is 3. The predicted octanol–water partition coefficient (Wildman–Crippen LogP) is 2.60.